The number of amides is 1. The van der Waals surface area contributed by atoms with Crippen LogP contribution in [-0.4, -0.2) is 99.2 Å². The van der Waals surface area contributed by atoms with Crippen molar-refractivity contribution in [1.29, 1.82) is 0 Å². The molecule has 0 saturated carbocycles. The van der Waals surface area contributed by atoms with Gasteiger partial charge in [0.1, 0.15) is 11.4 Å². The second-order valence-electron chi connectivity index (χ2n) is 18.0. The zero-order chi connectivity index (χ0) is 46.3. The van der Waals surface area contributed by atoms with Crippen molar-refractivity contribution in [2.75, 3.05) is 67.6 Å². The molecule has 348 valence electrons. The van der Waals surface area contributed by atoms with Crippen molar-refractivity contribution in [3.8, 4) is 11.5 Å². The van der Waals surface area contributed by atoms with Crippen molar-refractivity contribution in [2.45, 2.75) is 84.2 Å². The molecule has 2 aliphatic rings. The number of rotatable bonds is 17. The summed E-state index contributed by atoms with van der Waals surface area (Å²) < 4.78 is 5.35. The molecule has 0 bridgehead atoms. The van der Waals surface area contributed by atoms with Crippen LogP contribution >= 0.6 is 0 Å². The molecule has 2 atom stereocenters. The number of nitrogens with zero attached hydrogens (tertiary/aromatic N) is 7. The largest absolute Gasteiger partial charge is 0.505 e. The van der Waals surface area contributed by atoms with Crippen molar-refractivity contribution in [2.24, 2.45) is 10.2 Å². The third kappa shape index (κ3) is 10.6. The lowest BCUT2D eigenvalue weighted by Gasteiger charge is -2.33. The van der Waals surface area contributed by atoms with Gasteiger partial charge in [-0.2, -0.15) is 20.1 Å². The van der Waals surface area contributed by atoms with Crippen molar-refractivity contribution in [3.63, 3.8) is 0 Å². The Hall–Kier alpha value is -6.84. The number of likely N-dealkylation sites (tertiary alicyclic amines) is 2. The number of aryl methyl sites for hydroxylation is 1. The highest BCUT2D eigenvalue weighted by Crippen LogP contribution is 2.44. The molecular formula is C52H62N12O3. The third-order valence-corrected chi connectivity index (χ3v) is 13.4. The van der Waals surface area contributed by atoms with E-state index in [1.165, 1.54) is 38.5 Å². The molecule has 7 aromatic rings. The fourth-order valence-corrected chi connectivity index (χ4v) is 9.53. The van der Waals surface area contributed by atoms with Gasteiger partial charge in [0, 0.05) is 71.3 Å². The van der Waals surface area contributed by atoms with Crippen LogP contribution in [0, 0.1) is 6.92 Å². The van der Waals surface area contributed by atoms with Gasteiger partial charge in [0.2, 0.25) is 17.8 Å². The monoisotopic (exact) mass is 903 g/mol. The number of anilines is 5. The molecule has 15 heteroatoms. The zero-order valence-electron chi connectivity index (χ0n) is 39.0. The number of carbonyl (C=O) groups is 1. The van der Waals surface area contributed by atoms with E-state index in [4.69, 9.17) is 19.7 Å². The van der Waals surface area contributed by atoms with Crippen LogP contribution in [0.4, 0.5) is 40.6 Å². The number of aromatic nitrogens is 4. The van der Waals surface area contributed by atoms with Crippen LogP contribution in [0.25, 0.3) is 32.6 Å². The summed E-state index contributed by atoms with van der Waals surface area (Å²) in [5.41, 5.74) is 4.68. The van der Waals surface area contributed by atoms with E-state index in [0.717, 1.165) is 90.6 Å². The van der Waals surface area contributed by atoms with Gasteiger partial charge in [-0.05, 0) is 138 Å². The van der Waals surface area contributed by atoms with Crippen molar-refractivity contribution < 1.29 is 14.6 Å². The predicted molar refractivity (Wildman–Crippen MR) is 270 cm³/mol. The molecular weight excluding hydrogens is 841 g/mol. The number of phenols is 1. The molecule has 4 heterocycles. The first-order valence-corrected chi connectivity index (χ1v) is 23.9. The number of azo groups is 1. The van der Waals surface area contributed by atoms with E-state index in [-0.39, 0.29) is 17.0 Å². The maximum absolute atomic E-state index is 13.9. The number of nitrogens with one attached hydrogen (secondary N) is 5. The number of methoxy groups -OCH3 is 1. The average Bonchev–Trinajstić information content (AvgIpc) is 3.72. The Kier molecular flexibility index (Phi) is 14.0. The van der Waals surface area contributed by atoms with Gasteiger partial charge in [0.25, 0.3) is 5.91 Å². The quantitative estimate of drug-likeness (QED) is 0.0378. The molecule has 2 saturated heterocycles. The van der Waals surface area contributed by atoms with E-state index in [2.05, 4.69) is 66.2 Å². The summed E-state index contributed by atoms with van der Waals surface area (Å²) in [7, 11) is 1.60. The highest BCUT2D eigenvalue weighted by atomic mass is 16.5. The minimum atomic E-state index is -0.481. The number of benzene rings is 5. The van der Waals surface area contributed by atoms with Crippen molar-refractivity contribution in [3.05, 3.63) is 96.1 Å². The fourth-order valence-electron chi connectivity index (χ4n) is 9.53. The summed E-state index contributed by atoms with van der Waals surface area (Å²) in [6.07, 6.45) is 9.69. The van der Waals surface area contributed by atoms with Gasteiger partial charge in [-0.25, -0.2) is 0 Å². The lowest BCUT2D eigenvalue weighted by Crippen LogP contribution is -2.38. The maximum Gasteiger partial charge on any atom is 0.259 e. The first-order valence-electron chi connectivity index (χ1n) is 23.9. The SMILES string of the molecule is COc1ccc(NC(=O)c2cc3ccc4c5ccccc5[nH]c4c3c(/N=N/c3ccc(Nc4nc(NCCCN5CCCCC5C)nc(NCCCN5CCCCC5C)n4)cc3)c2O)c(C)c1. The maximum atomic E-state index is 13.9. The predicted octanol–water partition coefficient (Wildman–Crippen LogP) is 11.4. The number of para-hydroxylation sites is 1. The Balaban J connectivity index is 0.953. The van der Waals surface area contributed by atoms with E-state index in [1.54, 1.807) is 25.3 Å². The molecule has 0 spiro atoms. The van der Waals surface area contributed by atoms with Gasteiger partial charge in [-0.3, -0.25) is 4.79 Å². The Morgan fingerprint density at radius 2 is 1.46 bits per heavy atom. The molecule has 67 heavy (non-hydrogen) atoms. The van der Waals surface area contributed by atoms with E-state index < -0.39 is 5.91 Å². The van der Waals surface area contributed by atoms with E-state index in [1.807, 2.05) is 67.6 Å². The molecule has 5 aromatic carbocycles. The molecule has 1 amide bonds. The molecule has 15 nitrogen and oxygen atoms in total. The van der Waals surface area contributed by atoms with E-state index >= 15 is 0 Å². The van der Waals surface area contributed by atoms with E-state index in [9.17, 15) is 9.90 Å². The smallest absolute Gasteiger partial charge is 0.259 e. The number of hydrogen-bond donors (Lipinski definition) is 6. The van der Waals surface area contributed by atoms with Crippen LogP contribution < -0.4 is 26.0 Å². The topological polar surface area (TPSA) is 180 Å². The molecule has 2 aliphatic heterocycles. The van der Waals surface area contributed by atoms with Gasteiger partial charge in [-0.15, -0.1) is 5.11 Å². The first-order chi connectivity index (χ1) is 32.7. The number of H-pyrrole nitrogens is 1. The second-order valence-corrected chi connectivity index (χ2v) is 18.0. The molecule has 0 radical (unpaired) electrons. The van der Waals surface area contributed by atoms with Gasteiger partial charge in [-0.1, -0.05) is 43.2 Å². The number of hydrogen-bond acceptors (Lipinski definition) is 13. The standard InChI is InChI=1S/C52H62N12O3/c1-33-31-39(67-4)22-24-43(33)57-49(66)42-32-36-17-23-41-40-15-5-6-16-44(40)56-46(41)45(36)47(48(42)65)62-61-38-20-18-37(19-21-38)55-52-59-50(53-25-11-29-63-27-9-7-13-34(63)2)58-51(60-52)54-26-12-30-64-28-10-8-14-35(64)3/h5-6,15-24,31-32,34-35,56,65H,7-14,25-30H2,1-4H3,(H,57,66)(H3,53,54,55,58,59,60)/b62-61+. The minimum Gasteiger partial charge on any atom is -0.505 e. The summed E-state index contributed by atoms with van der Waals surface area (Å²) in [4.78, 5) is 36.9. The van der Waals surface area contributed by atoms with Gasteiger partial charge >= 0.3 is 0 Å². The Labute approximate surface area is 391 Å². The Morgan fingerprint density at radius 3 is 2.12 bits per heavy atom. The molecule has 2 fully saturated rings. The van der Waals surface area contributed by atoms with Gasteiger partial charge < -0.3 is 45.9 Å². The van der Waals surface area contributed by atoms with Crippen molar-refractivity contribution >= 4 is 79.1 Å². The molecule has 9 rings (SSSR count). The second kappa shape index (κ2) is 20.8. The fraction of sp³-hybridized carbons (Fsp3) is 0.385. The van der Waals surface area contributed by atoms with Crippen molar-refractivity contribution in [1.82, 2.24) is 29.7 Å². The van der Waals surface area contributed by atoms with Crippen LogP contribution in [0.1, 0.15) is 81.1 Å². The van der Waals surface area contributed by atoms with Crippen LogP contribution in [0.5, 0.6) is 11.5 Å². The highest BCUT2D eigenvalue weighted by molar-refractivity contribution is 6.22. The number of phenolic OH excluding ortho intramolecular Hbond substituents is 1. The summed E-state index contributed by atoms with van der Waals surface area (Å²) in [5.74, 6) is 1.38. The molecule has 2 aromatic heterocycles. The number of piperidine rings is 2. The van der Waals surface area contributed by atoms with Gasteiger partial charge in [0.15, 0.2) is 5.75 Å². The number of carbonyl (C=O) groups excluding carboxylic acids is 1. The van der Waals surface area contributed by atoms with Crippen LogP contribution in [-0.2, 0) is 0 Å². The normalized spacial score (nSPS) is 17.1. The number of ether oxygens (including phenoxy) is 1. The zero-order valence-corrected chi connectivity index (χ0v) is 39.0. The van der Waals surface area contributed by atoms with Crippen LogP contribution in [0.15, 0.2) is 95.2 Å². The number of aromatic hydroxyl groups is 1. The Morgan fingerprint density at radius 1 is 0.791 bits per heavy atom. The molecule has 0 aliphatic carbocycles. The lowest BCUT2D eigenvalue weighted by atomic mass is 10.00. The first kappa shape index (κ1) is 45.3. The summed E-state index contributed by atoms with van der Waals surface area (Å²) in [6, 6.07) is 27.8. The number of aromatic amines is 1. The summed E-state index contributed by atoms with van der Waals surface area (Å²) in [6.45, 7) is 12.5. The summed E-state index contributed by atoms with van der Waals surface area (Å²) in [5, 5.41) is 37.9. The Bertz CT molecular complexity index is 2830. The van der Waals surface area contributed by atoms with Crippen LogP contribution in [0.3, 0.4) is 0 Å². The van der Waals surface area contributed by atoms with E-state index in [0.29, 0.717) is 52.4 Å². The third-order valence-electron chi connectivity index (χ3n) is 13.4. The molecule has 6 N–H and O–H groups in total. The minimum absolute atomic E-state index is 0.0694. The summed E-state index contributed by atoms with van der Waals surface area (Å²) >= 11 is 0. The molecule has 2 unspecified atom stereocenters. The number of fused-ring (bicyclic) bond motifs is 5. The van der Waals surface area contributed by atoms with Crippen LogP contribution in [0.2, 0.25) is 0 Å². The van der Waals surface area contributed by atoms with Gasteiger partial charge in [0.05, 0.1) is 23.9 Å². The lowest BCUT2D eigenvalue weighted by molar-refractivity contribution is 0.102. The highest BCUT2D eigenvalue weighted by Gasteiger charge is 2.23. The average molecular weight is 903 g/mol.